The fourth-order valence-electron chi connectivity index (χ4n) is 3.60. The molecule has 1 fully saturated rings. The minimum absolute atomic E-state index is 0.269. The van der Waals surface area contributed by atoms with Crippen molar-refractivity contribution in [1.82, 2.24) is 9.97 Å². The number of aliphatic hydroxyl groups excluding tert-OH is 1. The van der Waals surface area contributed by atoms with Gasteiger partial charge in [-0.3, -0.25) is 0 Å². The number of nitrogens with zero attached hydrogens (tertiary/aromatic N) is 3. The van der Waals surface area contributed by atoms with E-state index in [1.165, 1.54) is 10.8 Å². The predicted octanol–water partition coefficient (Wildman–Crippen LogP) is 4.66. The molecule has 1 N–H and O–H groups in total. The zero-order valence-corrected chi connectivity index (χ0v) is 16.7. The molecule has 1 aliphatic rings. The average Bonchev–Trinajstić information content (AvgIpc) is 2.88. The van der Waals surface area contributed by atoms with Gasteiger partial charge in [0.05, 0.1) is 9.74 Å². The Morgan fingerprint density at radius 2 is 1.96 bits per heavy atom. The highest BCUT2D eigenvalue weighted by Crippen LogP contribution is 2.30. The van der Waals surface area contributed by atoms with E-state index < -0.39 is 0 Å². The zero-order valence-electron chi connectivity index (χ0n) is 14.6. The lowest BCUT2D eigenvalue weighted by Gasteiger charge is -2.26. The van der Waals surface area contributed by atoms with E-state index >= 15 is 0 Å². The molecular formula is C21H22IN3O. The van der Waals surface area contributed by atoms with Crippen LogP contribution in [0.4, 0.5) is 5.95 Å². The van der Waals surface area contributed by atoms with E-state index in [-0.39, 0.29) is 6.61 Å². The van der Waals surface area contributed by atoms with Crippen molar-refractivity contribution >= 4 is 39.3 Å². The molecule has 5 heteroatoms. The lowest BCUT2D eigenvalue weighted by molar-refractivity contribution is 0.214. The Kier molecular flexibility index (Phi) is 5.36. The van der Waals surface area contributed by atoms with Gasteiger partial charge in [-0.05, 0) is 48.1 Å². The van der Waals surface area contributed by atoms with Gasteiger partial charge in [-0.1, -0.05) is 59.0 Å². The molecule has 0 saturated carbocycles. The number of halogens is 1. The molecule has 1 aromatic heterocycles. The minimum Gasteiger partial charge on any atom is -0.396 e. The average molecular weight is 459 g/mol. The number of aliphatic hydroxyl groups is 1. The van der Waals surface area contributed by atoms with E-state index in [0.29, 0.717) is 9.97 Å². The third-order valence-corrected chi connectivity index (χ3v) is 6.26. The number of hydrogen-bond donors (Lipinski definition) is 1. The SMILES string of the molecule is OCC1CCCN(c2nccc(-c3ccc4ccccc4c3)n2)C(I)C1. The quantitative estimate of drug-likeness (QED) is 0.352. The topological polar surface area (TPSA) is 49.2 Å². The van der Waals surface area contributed by atoms with Crippen LogP contribution in [0, 0.1) is 5.92 Å². The Hall–Kier alpha value is -1.73. The molecule has 26 heavy (non-hydrogen) atoms. The molecular weight excluding hydrogens is 437 g/mol. The van der Waals surface area contributed by atoms with E-state index in [2.05, 4.69) is 74.9 Å². The third kappa shape index (κ3) is 3.69. The van der Waals surface area contributed by atoms with Crippen molar-refractivity contribution in [2.45, 2.75) is 23.3 Å². The first kappa shape index (κ1) is 17.7. The van der Waals surface area contributed by atoms with Crippen LogP contribution in [0.15, 0.2) is 54.7 Å². The number of alkyl halides is 1. The summed E-state index contributed by atoms with van der Waals surface area (Å²) in [5, 5.41) is 12.0. The lowest BCUT2D eigenvalue weighted by Crippen LogP contribution is -2.32. The number of benzene rings is 2. The first-order chi connectivity index (χ1) is 12.7. The summed E-state index contributed by atoms with van der Waals surface area (Å²) < 4.78 is 0.305. The van der Waals surface area contributed by atoms with Crippen molar-refractivity contribution in [3.8, 4) is 11.3 Å². The molecule has 1 aliphatic heterocycles. The van der Waals surface area contributed by atoms with E-state index in [1.807, 2.05) is 12.3 Å². The summed E-state index contributed by atoms with van der Waals surface area (Å²) in [6.45, 7) is 1.20. The van der Waals surface area contributed by atoms with Crippen molar-refractivity contribution in [2.24, 2.45) is 5.92 Å². The monoisotopic (exact) mass is 459 g/mol. The second kappa shape index (κ2) is 7.88. The summed E-state index contributed by atoms with van der Waals surface area (Å²) in [5.41, 5.74) is 2.06. The van der Waals surface area contributed by atoms with Crippen molar-refractivity contribution in [3.63, 3.8) is 0 Å². The predicted molar refractivity (Wildman–Crippen MR) is 115 cm³/mol. The molecule has 0 amide bonds. The highest BCUT2D eigenvalue weighted by Gasteiger charge is 2.25. The van der Waals surface area contributed by atoms with Crippen molar-refractivity contribution in [1.29, 1.82) is 0 Å². The molecule has 2 unspecified atom stereocenters. The number of hydrogen-bond acceptors (Lipinski definition) is 4. The second-order valence-electron chi connectivity index (χ2n) is 6.86. The summed E-state index contributed by atoms with van der Waals surface area (Å²) in [7, 11) is 0. The molecule has 2 heterocycles. The summed E-state index contributed by atoms with van der Waals surface area (Å²) in [5.74, 6) is 1.17. The summed E-state index contributed by atoms with van der Waals surface area (Å²) in [6, 6.07) is 16.8. The molecule has 4 rings (SSSR count). The summed E-state index contributed by atoms with van der Waals surface area (Å²) in [4.78, 5) is 11.7. The van der Waals surface area contributed by atoms with Gasteiger partial charge in [-0.25, -0.2) is 9.97 Å². The van der Waals surface area contributed by atoms with Crippen LogP contribution in [0.3, 0.4) is 0 Å². The minimum atomic E-state index is 0.269. The summed E-state index contributed by atoms with van der Waals surface area (Å²) >= 11 is 2.46. The van der Waals surface area contributed by atoms with Gasteiger partial charge in [0.1, 0.15) is 0 Å². The molecule has 4 nitrogen and oxygen atoms in total. The van der Waals surface area contributed by atoms with Gasteiger partial charge in [0, 0.05) is 24.9 Å². The lowest BCUT2D eigenvalue weighted by atomic mass is 10.0. The smallest absolute Gasteiger partial charge is 0.226 e. The Bertz CT molecular complexity index is 901. The zero-order chi connectivity index (χ0) is 17.9. The third-order valence-electron chi connectivity index (χ3n) is 5.08. The second-order valence-corrected chi connectivity index (χ2v) is 8.30. The Balaban J connectivity index is 1.65. The molecule has 3 aromatic rings. The number of rotatable bonds is 3. The molecule has 1 saturated heterocycles. The first-order valence-electron chi connectivity index (χ1n) is 9.08. The molecule has 0 aliphatic carbocycles. The van der Waals surface area contributed by atoms with Crippen LogP contribution in [-0.4, -0.2) is 32.3 Å². The Morgan fingerprint density at radius 3 is 2.81 bits per heavy atom. The van der Waals surface area contributed by atoms with Gasteiger partial charge in [-0.2, -0.15) is 0 Å². The fraction of sp³-hybridized carbons (Fsp3) is 0.333. The molecule has 2 aromatic carbocycles. The number of aromatic nitrogens is 2. The van der Waals surface area contributed by atoms with Crippen LogP contribution in [0.2, 0.25) is 0 Å². The van der Waals surface area contributed by atoms with Crippen molar-refractivity contribution in [3.05, 3.63) is 54.7 Å². The van der Waals surface area contributed by atoms with Crippen molar-refractivity contribution < 1.29 is 5.11 Å². The molecule has 0 radical (unpaired) electrons. The molecule has 0 spiro atoms. The normalized spacial score (nSPS) is 20.9. The van der Waals surface area contributed by atoms with Gasteiger partial charge >= 0.3 is 0 Å². The van der Waals surface area contributed by atoms with Gasteiger partial charge in [0.25, 0.3) is 0 Å². The Morgan fingerprint density at radius 1 is 1.12 bits per heavy atom. The van der Waals surface area contributed by atoms with Crippen molar-refractivity contribution in [2.75, 3.05) is 18.1 Å². The van der Waals surface area contributed by atoms with Crippen LogP contribution >= 0.6 is 22.6 Å². The van der Waals surface area contributed by atoms with Crippen LogP contribution in [0.5, 0.6) is 0 Å². The largest absolute Gasteiger partial charge is 0.396 e. The standard InChI is InChI=1S/C21H22IN3O/c22-20-12-15(14-26)4-3-11-25(20)21-23-10-9-19(24-21)18-8-7-16-5-1-2-6-17(16)13-18/h1-2,5-10,13,15,20,26H,3-4,11-12,14H2. The van der Waals surface area contributed by atoms with Gasteiger partial charge in [0.2, 0.25) is 5.95 Å². The van der Waals surface area contributed by atoms with E-state index in [1.54, 1.807) is 0 Å². The van der Waals surface area contributed by atoms with E-state index in [4.69, 9.17) is 4.98 Å². The van der Waals surface area contributed by atoms with Gasteiger partial charge in [0.15, 0.2) is 0 Å². The van der Waals surface area contributed by atoms with Crippen LogP contribution < -0.4 is 4.90 Å². The van der Waals surface area contributed by atoms with E-state index in [0.717, 1.165) is 43.0 Å². The molecule has 2 atom stereocenters. The fourth-order valence-corrected chi connectivity index (χ4v) is 4.84. The van der Waals surface area contributed by atoms with Gasteiger partial charge < -0.3 is 10.0 Å². The highest BCUT2D eigenvalue weighted by molar-refractivity contribution is 14.1. The number of fused-ring (bicyclic) bond motifs is 1. The van der Waals surface area contributed by atoms with Crippen LogP contribution in [0.1, 0.15) is 19.3 Å². The Labute approximate surface area is 167 Å². The van der Waals surface area contributed by atoms with Crippen LogP contribution in [0.25, 0.3) is 22.0 Å². The highest BCUT2D eigenvalue weighted by atomic mass is 127. The van der Waals surface area contributed by atoms with Gasteiger partial charge in [-0.15, -0.1) is 0 Å². The maximum absolute atomic E-state index is 9.52. The first-order valence-corrected chi connectivity index (χ1v) is 10.3. The molecule has 134 valence electrons. The molecule has 0 bridgehead atoms. The van der Waals surface area contributed by atoms with E-state index in [9.17, 15) is 5.11 Å². The summed E-state index contributed by atoms with van der Waals surface area (Å²) in [6.07, 6.45) is 4.95. The maximum atomic E-state index is 9.52. The maximum Gasteiger partial charge on any atom is 0.226 e. The van der Waals surface area contributed by atoms with Crippen LogP contribution in [-0.2, 0) is 0 Å². The number of anilines is 1.